The number of hydrogen-bond acceptors (Lipinski definition) is 4. The first-order chi connectivity index (χ1) is 5.56. The smallest absolute Gasteiger partial charge is 0.311 e. The Kier molecular flexibility index (Phi) is 5.28. The Morgan fingerprint density at radius 2 is 2.25 bits per heavy atom. The average molecular weight is 172 g/mol. The first-order valence-corrected chi connectivity index (χ1v) is 4.03. The number of nitrogens with two attached hydrogens (primary N) is 1. The molecule has 1 atom stereocenters. The summed E-state index contributed by atoms with van der Waals surface area (Å²) >= 11 is 0. The molecule has 0 aliphatic rings. The number of hydrogen-bond donors (Lipinski definition) is 2. The molecule has 3 N–H and O–H groups in total. The first-order valence-electron chi connectivity index (χ1n) is 4.03. The minimum atomic E-state index is -0.344. The molecule has 12 heavy (non-hydrogen) atoms. The van der Waals surface area contributed by atoms with Crippen molar-refractivity contribution in [3.63, 3.8) is 0 Å². The van der Waals surface area contributed by atoms with Crippen LogP contribution < -0.4 is 5.73 Å². The van der Waals surface area contributed by atoms with Gasteiger partial charge in [0, 0.05) is 18.2 Å². The Hall–Kier alpha value is -0.900. The van der Waals surface area contributed by atoms with Gasteiger partial charge in [0.05, 0.1) is 13.0 Å². The van der Waals surface area contributed by atoms with Gasteiger partial charge in [0.25, 0.3) is 0 Å². The lowest BCUT2D eigenvalue weighted by atomic mass is 10.1. The highest BCUT2D eigenvalue weighted by molar-refractivity contribution is 5.97. The number of rotatable bonds is 5. The highest BCUT2D eigenvalue weighted by atomic mass is 16.5. The van der Waals surface area contributed by atoms with Crippen LogP contribution in [0.3, 0.4) is 0 Å². The lowest BCUT2D eigenvalue weighted by Gasteiger charge is -2.05. The Morgan fingerprint density at radius 1 is 1.67 bits per heavy atom. The number of esters is 1. The van der Waals surface area contributed by atoms with Gasteiger partial charge in [0.2, 0.25) is 0 Å². The second-order valence-electron chi connectivity index (χ2n) is 2.77. The molecule has 0 saturated carbocycles. The zero-order chi connectivity index (χ0) is 9.56. The molecule has 0 aromatic rings. The topological polar surface area (TPSA) is 76.2 Å². The van der Waals surface area contributed by atoms with Crippen molar-refractivity contribution in [2.24, 2.45) is 5.73 Å². The van der Waals surface area contributed by atoms with Crippen molar-refractivity contribution < 1.29 is 9.53 Å². The van der Waals surface area contributed by atoms with Crippen LogP contribution in [0.4, 0.5) is 0 Å². The zero-order valence-corrected chi connectivity index (χ0v) is 7.59. The summed E-state index contributed by atoms with van der Waals surface area (Å²) in [5, 5.41) is 7.35. The number of ether oxygens (including phenoxy) is 1. The van der Waals surface area contributed by atoms with E-state index in [1.54, 1.807) is 13.8 Å². The van der Waals surface area contributed by atoms with E-state index in [0.29, 0.717) is 18.7 Å². The molecular weight excluding hydrogens is 156 g/mol. The molecule has 0 amide bonds. The van der Waals surface area contributed by atoms with Crippen molar-refractivity contribution in [1.29, 1.82) is 5.41 Å². The van der Waals surface area contributed by atoms with E-state index in [9.17, 15) is 4.79 Å². The Bertz CT molecular complexity index is 166. The summed E-state index contributed by atoms with van der Waals surface area (Å²) in [6.07, 6.45) is 0.522. The molecule has 0 fully saturated rings. The van der Waals surface area contributed by atoms with Crippen LogP contribution in [-0.4, -0.2) is 24.3 Å². The zero-order valence-electron chi connectivity index (χ0n) is 7.59. The molecule has 4 nitrogen and oxygen atoms in total. The third-order valence-electron chi connectivity index (χ3n) is 1.23. The quantitative estimate of drug-likeness (QED) is 0.473. The Labute approximate surface area is 72.6 Å². The van der Waals surface area contributed by atoms with Gasteiger partial charge in [-0.25, -0.2) is 0 Å². The van der Waals surface area contributed by atoms with Crippen molar-refractivity contribution in [2.75, 3.05) is 6.61 Å². The summed E-state index contributed by atoms with van der Waals surface area (Å²) < 4.78 is 4.67. The van der Waals surface area contributed by atoms with Gasteiger partial charge in [-0.1, -0.05) is 0 Å². The molecule has 0 aliphatic heterocycles. The van der Waals surface area contributed by atoms with Gasteiger partial charge in [-0.05, 0) is 13.8 Å². The van der Waals surface area contributed by atoms with E-state index < -0.39 is 0 Å². The van der Waals surface area contributed by atoms with Crippen molar-refractivity contribution >= 4 is 11.7 Å². The van der Waals surface area contributed by atoms with E-state index in [-0.39, 0.29) is 18.4 Å². The van der Waals surface area contributed by atoms with Crippen LogP contribution >= 0.6 is 0 Å². The molecule has 0 rings (SSSR count). The SMILES string of the molecule is CCOC(=O)CC(=N)C[C@@H](C)N. The molecule has 0 aliphatic carbocycles. The van der Waals surface area contributed by atoms with Gasteiger partial charge in [0.1, 0.15) is 0 Å². The lowest BCUT2D eigenvalue weighted by Crippen LogP contribution is -2.21. The molecule has 0 aromatic carbocycles. The normalized spacial score (nSPS) is 12.2. The highest BCUT2D eigenvalue weighted by Crippen LogP contribution is 1.96. The minimum absolute atomic E-state index is 0.0630. The van der Waals surface area contributed by atoms with Gasteiger partial charge in [-0.15, -0.1) is 0 Å². The molecule has 4 heteroatoms. The average Bonchev–Trinajstić information content (AvgIpc) is 1.84. The number of nitrogens with one attached hydrogen (secondary N) is 1. The van der Waals surface area contributed by atoms with E-state index in [1.165, 1.54) is 0 Å². The van der Waals surface area contributed by atoms with Gasteiger partial charge in [-0.2, -0.15) is 0 Å². The van der Waals surface area contributed by atoms with E-state index in [0.717, 1.165) is 0 Å². The lowest BCUT2D eigenvalue weighted by molar-refractivity contribution is -0.141. The molecule has 0 unspecified atom stereocenters. The number of carbonyl (C=O) groups is 1. The molecule has 0 aromatic heterocycles. The van der Waals surface area contributed by atoms with Gasteiger partial charge >= 0.3 is 5.97 Å². The van der Waals surface area contributed by atoms with Crippen LogP contribution in [0.2, 0.25) is 0 Å². The fourth-order valence-corrected chi connectivity index (χ4v) is 0.847. The van der Waals surface area contributed by atoms with Crippen LogP contribution in [0, 0.1) is 5.41 Å². The van der Waals surface area contributed by atoms with E-state index in [1.807, 2.05) is 0 Å². The van der Waals surface area contributed by atoms with Crippen molar-refractivity contribution in [3.8, 4) is 0 Å². The standard InChI is InChI=1S/C8H16N2O2/c1-3-12-8(11)5-7(10)4-6(2)9/h6,10H,3-5,9H2,1-2H3/t6-/m1/s1. The fraction of sp³-hybridized carbons (Fsp3) is 0.750. The predicted octanol–water partition coefficient (Wildman–Crippen LogP) is 0.697. The summed E-state index contributed by atoms with van der Waals surface area (Å²) in [6, 6.07) is -0.0630. The number of carbonyl (C=O) groups excluding carboxylic acids is 1. The minimum Gasteiger partial charge on any atom is -0.466 e. The Balaban J connectivity index is 3.62. The maximum atomic E-state index is 10.8. The van der Waals surface area contributed by atoms with Crippen LogP contribution in [0.25, 0.3) is 0 Å². The van der Waals surface area contributed by atoms with E-state index >= 15 is 0 Å². The van der Waals surface area contributed by atoms with Crippen LogP contribution in [0.5, 0.6) is 0 Å². The highest BCUT2D eigenvalue weighted by Gasteiger charge is 2.07. The second kappa shape index (κ2) is 5.71. The van der Waals surface area contributed by atoms with Crippen molar-refractivity contribution in [3.05, 3.63) is 0 Å². The summed E-state index contributed by atoms with van der Waals surface area (Å²) in [4.78, 5) is 10.8. The molecule has 0 radical (unpaired) electrons. The summed E-state index contributed by atoms with van der Waals surface area (Å²) in [5.74, 6) is -0.344. The molecule has 0 spiro atoms. The molecule has 0 saturated heterocycles. The molecule has 70 valence electrons. The predicted molar refractivity (Wildman–Crippen MR) is 47.2 cm³/mol. The fourth-order valence-electron chi connectivity index (χ4n) is 0.847. The first kappa shape index (κ1) is 11.1. The summed E-state index contributed by atoms with van der Waals surface area (Å²) in [6.45, 7) is 3.91. The van der Waals surface area contributed by atoms with Gasteiger partial charge < -0.3 is 15.9 Å². The maximum Gasteiger partial charge on any atom is 0.311 e. The second-order valence-corrected chi connectivity index (χ2v) is 2.77. The van der Waals surface area contributed by atoms with Gasteiger partial charge in [-0.3, -0.25) is 4.79 Å². The third-order valence-corrected chi connectivity index (χ3v) is 1.23. The monoisotopic (exact) mass is 172 g/mol. The van der Waals surface area contributed by atoms with Crippen molar-refractivity contribution in [2.45, 2.75) is 32.7 Å². The molecule has 0 bridgehead atoms. The van der Waals surface area contributed by atoms with E-state index in [4.69, 9.17) is 11.1 Å². The third kappa shape index (κ3) is 5.85. The van der Waals surface area contributed by atoms with Gasteiger partial charge in [0.15, 0.2) is 0 Å². The van der Waals surface area contributed by atoms with Crippen LogP contribution in [0.1, 0.15) is 26.7 Å². The van der Waals surface area contributed by atoms with Crippen LogP contribution in [0.15, 0.2) is 0 Å². The van der Waals surface area contributed by atoms with Crippen molar-refractivity contribution in [1.82, 2.24) is 0 Å². The van der Waals surface area contributed by atoms with Crippen LogP contribution in [-0.2, 0) is 9.53 Å². The summed E-state index contributed by atoms with van der Waals surface area (Å²) in [5.41, 5.74) is 5.79. The molecular formula is C8H16N2O2. The summed E-state index contributed by atoms with van der Waals surface area (Å²) in [7, 11) is 0. The maximum absolute atomic E-state index is 10.8. The molecule has 0 heterocycles. The largest absolute Gasteiger partial charge is 0.466 e. The Morgan fingerprint density at radius 3 is 2.67 bits per heavy atom. The van der Waals surface area contributed by atoms with E-state index in [2.05, 4.69) is 4.74 Å².